The van der Waals surface area contributed by atoms with Gasteiger partial charge in [0.05, 0.1) is 0 Å². The smallest absolute Gasteiger partial charge is 0.0337 e. The average molecular weight is 258 g/mol. The number of hydrogen-bond acceptors (Lipinski definition) is 2. The maximum Gasteiger partial charge on any atom is 0.0337 e. The molecule has 1 fully saturated rings. The second-order valence-electron chi connectivity index (χ2n) is 6.17. The Balaban J connectivity index is 1.71. The number of rotatable bonds is 5. The van der Waals surface area contributed by atoms with E-state index in [0.29, 0.717) is 12.1 Å². The molecule has 2 N–H and O–H groups in total. The van der Waals surface area contributed by atoms with Crippen LogP contribution in [-0.2, 0) is 6.54 Å². The van der Waals surface area contributed by atoms with Crippen LogP contribution in [-0.4, -0.2) is 12.6 Å². The molecule has 2 unspecified atom stereocenters. The summed E-state index contributed by atoms with van der Waals surface area (Å²) in [7, 11) is 0. The lowest BCUT2D eigenvalue weighted by molar-refractivity contribution is 0.377. The average Bonchev–Trinajstić information content (AvgIpc) is 3.26. The van der Waals surface area contributed by atoms with Gasteiger partial charge in [-0.3, -0.25) is 0 Å². The van der Waals surface area contributed by atoms with E-state index in [4.69, 9.17) is 0 Å². The summed E-state index contributed by atoms with van der Waals surface area (Å²) in [5, 5.41) is 7.47. The van der Waals surface area contributed by atoms with E-state index in [0.717, 1.165) is 19.0 Å². The first-order chi connectivity index (χ1) is 9.36. The van der Waals surface area contributed by atoms with Gasteiger partial charge in [0.2, 0.25) is 0 Å². The van der Waals surface area contributed by atoms with Gasteiger partial charge in [-0.25, -0.2) is 0 Å². The minimum atomic E-state index is 0.537. The summed E-state index contributed by atoms with van der Waals surface area (Å²) in [4.78, 5) is 0. The molecule has 1 aromatic rings. The standard InChI is InChI=1S/C17H26N2/c1-2-15(11-13-7-8-13)19-17-9-10-18-12-14-5-3-4-6-16(14)17/h3-6,13,15,17-19H,2,7-12H2,1H3. The van der Waals surface area contributed by atoms with E-state index in [9.17, 15) is 0 Å². The molecule has 1 aliphatic carbocycles. The van der Waals surface area contributed by atoms with E-state index >= 15 is 0 Å². The Morgan fingerprint density at radius 1 is 1.26 bits per heavy atom. The zero-order valence-electron chi connectivity index (χ0n) is 12.0. The molecule has 0 amide bonds. The Kier molecular flexibility index (Phi) is 4.19. The Morgan fingerprint density at radius 2 is 2.11 bits per heavy atom. The van der Waals surface area contributed by atoms with Crippen LogP contribution in [0.15, 0.2) is 24.3 Å². The van der Waals surface area contributed by atoms with Crippen molar-refractivity contribution in [3.05, 3.63) is 35.4 Å². The number of fused-ring (bicyclic) bond motifs is 1. The van der Waals surface area contributed by atoms with Crippen LogP contribution in [0.1, 0.15) is 56.2 Å². The van der Waals surface area contributed by atoms with Crippen LogP contribution in [0, 0.1) is 5.92 Å². The first-order valence-electron chi connectivity index (χ1n) is 7.91. The van der Waals surface area contributed by atoms with E-state index in [2.05, 4.69) is 41.8 Å². The van der Waals surface area contributed by atoms with E-state index in [1.54, 1.807) is 0 Å². The number of nitrogens with one attached hydrogen (secondary N) is 2. The summed E-state index contributed by atoms with van der Waals surface area (Å²) < 4.78 is 0. The fraction of sp³-hybridized carbons (Fsp3) is 0.647. The van der Waals surface area contributed by atoms with Crippen molar-refractivity contribution < 1.29 is 0 Å². The van der Waals surface area contributed by atoms with Crippen LogP contribution in [0.25, 0.3) is 0 Å². The SMILES string of the molecule is CCC(CC1CC1)NC1CCNCc2ccccc21. The van der Waals surface area contributed by atoms with Gasteiger partial charge >= 0.3 is 0 Å². The summed E-state index contributed by atoms with van der Waals surface area (Å²) in [5.74, 6) is 1.01. The van der Waals surface area contributed by atoms with Crippen LogP contribution in [0.2, 0.25) is 0 Å². The third kappa shape index (κ3) is 3.37. The van der Waals surface area contributed by atoms with Crippen molar-refractivity contribution >= 4 is 0 Å². The molecular formula is C17H26N2. The van der Waals surface area contributed by atoms with Crippen molar-refractivity contribution in [3.8, 4) is 0 Å². The largest absolute Gasteiger partial charge is 0.313 e. The summed E-state index contributed by atoms with van der Waals surface area (Å²) in [6.45, 7) is 4.46. The van der Waals surface area contributed by atoms with Crippen molar-refractivity contribution in [2.45, 2.75) is 57.7 Å². The fourth-order valence-electron chi connectivity index (χ4n) is 3.23. The topological polar surface area (TPSA) is 24.1 Å². The van der Waals surface area contributed by atoms with Gasteiger partial charge in [-0.15, -0.1) is 0 Å². The third-order valence-corrected chi connectivity index (χ3v) is 4.60. The van der Waals surface area contributed by atoms with Crippen LogP contribution in [0.5, 0.6) is 0 Å². The summed E-state index contributed by atoms with van der Waals surface area (Å²) >= 11 is 0. The van der Waals surface area contributed by atoms with Gasteiger partial charge in [0.15, 0.2) is 0 Å². The molecule has 1 aromatic carbocycles. The van der Waals surface area contributed by atoms with Crippen LogP contribution < -0.4 is 10.6 Å². The maximum atomic E-state index is 3.93. The quantitative estimate of drug-likeness (QED) is 0.846. The molecule has 1 heterocycles. The van der Waals surface area contributed by atoms with Crippen molar-refractivity contribution in [3.63, 3.8) is 0 Å². The van der Waals surface area contributed by atoms with E-state index < -0.39 is 0 Å². The van der Waals surface area contributed by atoms with Crippen molar-refractivity contribution in [1.29, 1.82) is 0 Å². The van der Waals surface area contributed by atoms with Crippen molar-refractivity contribution in [2.75, 3.05) is 6.54 Å². The molecule has 2 atom stereocenters. The Hall–Kier alpha value is -0.860. The van der Waals surface area contributed by atoms with Crippen LogP contribution in [0.3, 0.4) is 0 Å². The van der Waals surface area contributed by atoms with Gasteiger partial charge in [-0.2, -0.15) is 0 Å². The predicted molar refractivity (Wildman–Crippen MR) is 80.1 cm³/mol. The highest BCUT2D eigenvalue weighted by Gasteiger charge is 2.27. The van der Waals surface area contributed by atoms with Crippen LogP contribution >= 0.6 is 0 Å². The van der Waals surface area contributed by atoms with Crippen molar-refractivity contribution in [1.82, 2.24) is 10.6 Å². The summed E-state index contributed by atoms with van der Waals surface area (Å²) in [5.41, 5.74) is 2.99. The van der Waals surface area contributed by atoms with E-state index in [1.165, 1.54) is 43.2 Å². The molecule has 0 aromatic heterocycles. The molecule has 3 rings (SSSR count). The van der Waals surface area contributed by atoms with E-state index in [1.807, 2.05) is 0 Å². The van der Waals surface area contributed by atoms with E-state index in [-0.39, 0.29) is 0 Å². The first kappa shape index (κ1) is 13.1. The lowest BCUT2D eigenvalue weighted by Crippen LogP contribution is -2.33. The lowest BCUT2D eigenvalue weighted by Gasteiger charge is -2.25. The highest BCUT2D eigenvalue weighted by molar-refractivity contribution is 5.31. The Labute approximate surface area is 117 Å². The monoisotopic (exact) mass is 258 g/mol. The minimum absolute atomic E-state index is 0.537. The minimum Gasteiger partial charge on any atom is -0.313 e. The molecular weight excluding hydrogens is 232 g/mol. The lowest BCUT2D eigenvalue weighted by atomic mass is 9.97. The second kappa shape index (κ2) is 6.06. The third-order valence-electron chi connectivity index (χ3n) is 4.60. The van der Waals surface area contributed by atoms with Gasteiger partial charge in [-0.05, 0) is 42.9 Å². The molecule has 2 aliphatic rings. The Bertz CT molecular complexity index is 411. The molecule has 19 heavy (non-hydrogen) atoms. The number of benzene rings is 1. The zero-order valence-corrected chi connectivity index (χ0v) is 12.0. The maximum absolute atomic E-state index is 3.93. The summed E-state index contributed by atoms with van der Waals surface area (Å²) in [6.07, 6.45) is 6.76. The highest BCUT2D eigenvalue weighted by Crippen LogP contribution is 2.35. The van der Waals surface area contributed by atoms with Crippen LogP contribution in [0.4, 0.5) is 0 Å². The fourth-order valence-corrected chi connectivity index (χ4v) is 3.23. The molecule has 1 aliphatic heterocycles. The molecule has 2 heteroatoms. The highest BCUT2D eigenvalue weighted by atomic mass is 15.0. The van der Waals surface area contributed by atoms with Gasteiger partial charge in [0.1, 0.15) is 0 Å². The molecule has 0 saturated heterocycles. The molecule has 2 nitrogen and oxygen atoms in total. The molecule has 0 bridgehead atoms. The van der Waals surface area contributed by atoms with Gasteiger partial charge in [-0.1, -0.05) is 44.0 Å². The number of hydrogen-bond donors (Lipinski definition) is 2. The second-order valence-corrected chi connectivity index (χ2v) is 6.17. The zero-order chi connectivity index (χ0) is 13.1. The predicted octanol–water partition coefficient (Wildman–Crippen LogP) is 3.39. The molecule has 0 radical (unpaired) electrons. The summed E-state index contributed by atoms with van der Waals surface area (Å²) in [6, 6.07) is 10.2. The Morgan fingerprint density at radius 3 is 2.89 bits per heavy atom. The molecule has 1 saturated carbocycles. The van der Waals surface area contributed by atoms with Gasteiger partial charge < -0.3 is 10.6 Å². The molecule has 104 valence electrons. The normalized spacial score (nSPS) is 24.6. The molecule has 0 spiro atoms. The van der Waals surface area contributed by atoms with Gasteiger partial charge in [0, 0.05) is 18.6 Å². The van der Waals surface area contributed by atoms with Crippen molar-refractivity contribution in [2.24, 2.45) is 5.92 Å². The van der Waals surface area contributed by atoms with Gasteiger partial charge in [0.25, 0.3) is 0 Å². The first-order valence-corrected chi connectivity index (χ1v) is 7.91.